The van der Waals surface area contributed by atoms with Crippen LogP contribution >= 0.6 is 23.2 Å². The Morgan fingerprint density at radius 2 is 1.69 bits per heavy atom. The summed E-state index contributed by atoms with van der Waals surface area (Å²) in [7, 11) is -2.07. The molecule has 0 aliphatic carbocycles. The first-order valence-electron chi connectivity index (χ1n) is 9.06. The standard InChI is InChI=1S/C20H21Cl2NO5S/c1-27-19-7-4-17(22)12-15(19)13-28-20(24)14-8-10-23(11-9-14)29(25,26)18-5-2-16(21)3-6-18/h2-7,12,14H,8-11,13H2,1H3. The number of halogens is 2. The molecule has 0 unspecified atom stereocenters. The zero-order chi connectivity index (χ0) is 21.0. The molecule has 0 amide bonds. The van der Waals surface area contributed by atoms with E-state index in [1.807, 2.05) is 0 Å². The smallest absolute Gasteiger partial charge is 0.309 e. The number of carbonyl (C=O) groups excluding carboxylic acids is 1. The first-order chi connectivity index (χ1) is 13.8. The lowest BCUT2D eigenvalue weighted by atomic mass is 9.98. The van der Waals surface area contributed by atoms with Gasteiger partial charge in [0.1, 0.15) is 12.4 Å². The van der Waals surface area contributed by atoms with E-state index < -0.39 is 10.0 Å². The molecule has 9 heteroatoms. The van der Waals surface area contributed by atoms with E-state index in [9.17, 15) is 13.2 Å². The summed E-state index contributed by atoms with van der Waals surface area (Å²) in [6, 6.07) is 11.2. The van der Waals surface area contributed by atoms with Crippen molar-refractivity contribution in [3.05, 3.63) is 58.1 Å². The monoisotopic (exact) mass is 457 g/mol. The van der Waals surface area contributed by atoms with E-state index in [0.717, 1.165) is 0 Å². The molecule has 0 atom stereocenters. The molecule has 6 nitrogen and oxygen atoms in total. The Hall–Kier alpha value is -1.80. The first kappa shape index (κ1) is 21.9. The van der Waals surface area contributed by atoms with Gasteiger partial charge in [0.05, 0.1) is 17.9 Å². The molecule has 0 radical (unpaired) electrons. The third-order valence-corrected chi connectivity index (χ3v) is 7.25. The SMILES string of the molecule is COc1ccc(Cl)cc1COC(=O)C1CCN(S(=O)(=O)c2ccc(Cl)cc2)CC1. The van der Waals surface area contributed by atoms with Gasteiger partial charge in [0, 0.05) is 28.7 Å². The molecule has 0 N–H and O–H groups in total. The van der Waals surface area contributed by atoms with Gasteiger partial charge in [0.15, 0.2) is 0 Å². The Kier molecular flexibility index (Phi) is 7.05. The van der Waals surface area contributed by atoms with Gasteiger partial charge in [-0.15, -0.1) is 0 Å². The van der Waals surface area contributed by atoms with E-state index >= 15 is 0 Å². The molecule has 2 aromatic rings. The van der Waals surface area contributed by atoms with Crippen LogP contribution in [-0.2, 0) is 26.2 Å². The number of nitrogens with zero attached hydrogens (tertiary/aromatic N) is 1. The number of hydrogen-bond donors (Lipinski definition) is 0. The number of piperidine rings is 1. The van der Waals surface area contributed by atoms with Gasteiger partial charge in [0.2, 0.25) is 10.0 Å². The molecule has 1 heterocycles. The highest BCUT2D eigenvalue weighted by Gasteiger charge is 2.32. The fourth-order valence-corrected chi connectivity index (χ4v) is 5.00. The molecule has 156 valence electrons. The van der Waals surface area contributed by atoms with Crippen LogP contribution < -0.4 is 4.74 Å². The van der Waals surface area contributed by atoms with Crippen molar-refractivity contribution in [3.8, 4) is 5.75 Å². The lowest BCUT2D eigenvalue weighted by molar-refractivity contribution is -0.151. The lowest BCUT2D eigenvalue weighted by Gasteiger charge is -2.30. The topological polar surface area (TPSA) is 72.9 Å². The van der Waals surface area contributed by atoms with Crippen LogP contribution in [0.25, 0.3) is 0 Å². The van der Waals surface area contributed by atoms with Gasteiger partial charge in [0.25, 0.3) is 0 Å². The van der Waals surface area contributed by atoms with Crippen molar-refractivity contribution < 1.29 is 22.7 Å². The van der Waals surface area contributed by atoms with E-state index in [1.54, 1.807) is 30.3 Å². The average molecular weight is 458 g/mol. The van der Waals surface area contributed by atoms with Gasteiger partial charge in [-0.2, -0.15) is 4.31 Å². The molecule has 1 saturated heterocycles. The van der Waals surface area contributed by atoms with E-state index in [4.69, 9.17) is 32.7 Å². The van der Waals surface area contributed by atoms with Crippen molar-refractivity contribution in [3.63, 3.8) is 0 Å². The maximum absolute atomic E-state index is 12.7. The minimum absolute atomic E-state index is 0.0475. The molecular formula is C20H21Cl2NO5S. The third-order valence-electron chi connectivity index (χ3n) is 4.85. The van der Waals surface area contributed by atoms with Crippen LogP contribution in [0.2, 0.25) is 10.0 Å². The number of benzene rings is 2. The van der Waals surface area contributed by atoms with Gasteiger partial charge in [-0.3, -0.25) is 4.79 Å². The molecule has 0 aromatic heterocycles. The van der Waals surface area contributed by atoms with Crippen molar-refractivity contribution in [1.82, 2.24) is 4.31 Å². The van der Waals surface area contributed by atoms with Gasteiger partial charge in [-0.1, -0.05) is 23.2 Å². The third kappa shape index (κ3) is 5.22. The summed E-state index contributed by atoms with van der Waals surface area (Å²) < 4.78 is 37.5. The summed E-state index contributed by atoms with van der Waals surface area (Å²) in [5.74, 6) is -0.113. The molecular weight excluding hydrogens is 437 g/mol. The number of rotatable bonds is 6. The number of carbonyl (C=O) groups is 1. The van der Waals surface area contributed by atoms with Crippen LogP contribution in [0.5, 0.6) is 5.75 Å². The highest BCUT2D eigenvalue weighted by atomic mass is 35.5. The summed E-state index contributed by atoms with van der Waals surface area (Å²) in [5, 5.41) is 0.999. The number of hydrogen-bond acceptors (Lipinski definition) is 5. The fourth-order valence-electron chi connectivity index (χ4n) is 3.21. The molecule has 3 rings (SSSR count). The zero-order valence-electron chi connectivity index (χ0n) is 15.8. The van der Waals surface area contributed by atoms with Gasteiger partial charge in [-0.05, 0) is 55.3 Å². The molecule has 0 spiro atoms. The Morgan fingerprint density at radius 3 is 2.31 bits per heavy atom. The molecule has 0 bridgehead atoms. The number of ether oxygens (including phenoxy) is 2. The summed E-state index contributed by atoms with van der Waals surface area (Å²) in [6.45, 7) is 0.558. The second kappa shape index (κ2) is 9.34. The Morgan fingerprint density at radius 1 is 1.07 bits per heavy atom. The second-order valence-corrected chi connectivity index (χ2v) is 9.51. The summed E-state index contributed by atoms with van der Waals surface area (Å²) >= 11 is 11.8. The molecule has 1 fully saturated rings. The van der Waals surface area contributed by atoms with E-state index in [-0.39, 0.29) is 36.5 Å². The summed E-state index contributed by atoms with van der Waals surface area (Å²) in [4.78, 5) is 12.6. The van der Waals surface area contributed by atoms with Crippen LogP contribution in [-0.4, -0.2) is 38.9 Å². The van der Waals surface area contributed by atoms with Crippen LogP contribution in [0.4, 0.5) is 0 Å². The van der Waals surface area contributed by atoms with E-state index in [0.29, 0.717) is 34.2 Å². The molecule has 29 heavy (non-hydrogen) atoms. The zero-order valence-corrected chi connectivity index (χ0v) is 18.1. The van der Waals surface area contributed by atoms with Gasteiger partial charge >= 0.3 is 5.97 Å². The normalized spacial score (nSPS) is 15.8. The highest BCUT2D eigenvalue weighted by Crippen LogP contribution is 2.27. The van der Waals surface area contributed by atoms with Crippen molar-refractivity contribution in [2.75, 3.05) is 20.2 Å². The van der Waals surface area contributed by atoms with Gasteiger partial charge in [-0.25, -0.2) is 8.42 Å². The van der Waals surface area contributed by atoms with Crippen LogP contribution in [0, 0.1) is 5.92 Å². The maximum atomic E-state index is 12.7. The van der Waals surface area contributed by atoms with Gasteiger partial charge < -0.3 is 9.47 Å². The largest absolute Gasteiger partial charge is 0.496 e. The van der Waals surface area contributed by atoms with Crippen molar-refractivity contribution in [2.45, 2.75) is 24.3 Å². The first-order valence-corrected chi connectivity index (χ1v) is 11.3. The summed E-state index contributed by atoms with van der Waals surface area (Å²) in [6.07, 6.45) is 0.802. The second-order valence-electron chi connectivity index (χ2n) is 6.70. The van der Waals surface area contributed by atoms with Crippen molar-refractivity contribution in [2.24, 2.45) is 5.92 Å². The maximum Gasteiger partial charge on any atom is 0.309 e. The van der Waals surface area contributed by atoms with E-state index in [1.165, 1.54) is 23.5 Å². The number of sulfonamides is 1. The minimum atomic E-state index is -3.61. The fraction of sp³-hybridized carbons (Fsp3) is 0.350. The highest BCUT2D eigenvalue weighted by molar-refractivity contribution is 7.89. The van der Waals surface area contributed by atoms with Crippen LogP contribution in [0.3, 0.4) is 0 Å². The van der Waals surface area contributed by atoms with Crippen molar-refractivity contribution >= 4 is 39.2 Å². The molecule has 1 aliphatic rings. The average Bonchev–Trinajstić information content (AvgIpc) is 2.72. The molecule has 2 aromatic carbocycles. The quantitative estimate of drug-likeness (QED) is 0.609. The molecule has 0 saturated carbocycles. The number of methoxy groups -OCH3 is 1. The van der Waals surface area contributed by atoms with Crippen LogP contribution in [0.1, 0.15) is 18.4 Å². The predicted octanol–water partition coefficient (Wildman–Crippen LogP) is 4.15. The van der Waals surface area contributed by atoms with Crippen LogP contribution in [0.15, 0.2) is 47.4 Å². The number of esters is 1. The van der Waals surface area contributed by atoms with Crippen molar-refractivity contribution in [1.29, 1.82) is 0 Å². The Bertz CT molecular complexity index is 971. The lowest BCUT2D eigenvalue weighted by Crippen LogP contribution is -2.40. The predicted molar refractivity (Wildman–Crippen MR) is 111 cm³/mol. The van der Waals surface area contributed by atoms with E-state index in [2.05, 4.69) is 0 Å². The Labute approximate surface area is 180 Å². The molecule has 1 aliphatic heterocycles. The minimum Gasteiger partial charge on any atom is -0.496 e. The Balaban J connectivity index is 1.57. The summed E-state index contributed by atoms with van der Waals surface area (Å²) in [5.41, 5.74) is 0.677.